The highest BCUT2D eigenvalue weighted by Crippen LogP contribution is 2.43. The standard InChI is InChI=1S/C30H36N6O4/c1-19-21-6-4-7-22(25(21)27(39)36(19)23-8-9-24(37)33-26(23)38)31-16-20-17-32-35(18-20)30(3)12-14-34(15-13-30)28(40)29(2)10-5-11-29/h4,6-7,17-18,23,31H,1,5,8-16H2,2-3H3,(H,33,37,38). The van der Waals surface area contributed by atoms with Crippen LogP contribution in [0.4, 0.5) is 5.69 Å². The van der Waals surface area contributed by atoms with E-state index >= 15 is 0 Å². The zero-order valence-electron chi connectivity index (χ0n) is 23.2. The summed E-state index contributed by atoms with van der Waals surface area (Å²) < 4.78 is 2.02. The maximum absolute atomic E-state index is 13.5. The quantitative estimate of drug-likeness (QED) is 0.540. The molecule has 2 saturated heterocycles. The van der Waals surface area contributed by atoms with Crippen molar-refractivity contribution in [1.82, 2.24) is 24.9 Å². The smallest absolute Gasteiger partial charge is 0.261 e. The largest absolute Gasteiger partial charge is 0.380 e. The van der Waals surface area contributed by atoms with Crippen LogP contribution in [0.1, 0.15) is 80.3 Å². The lowest BCUT2D eigenvalue weighted by Gasteiger charge is -2.45. The van der Waals surface area contributed by atoms with E-state index in [1.54, 1.807) is 0 Å². The molecule has 4 amide bonds. The Morgan fingerprint density at radius 1 is 1.15 bits per heavy atom. The van der Waals surface area contributed by atoms with Gasteiger partial charge in [-0.25, -0.2) is 0 Å². The molecule has 2 N–H and O–H groups in total. The number of anilines is 1. The third-order valence-corrected chi connectivity index (χ3v) is 9.39. The summed E-state index contributed by atoms with van der Waals surface area (Å²) in [6.45, 7) is 10.3. The summed E-state index contributed by atoms with van der Waals surface area (Å²) in [6, 6.07) is 4.78. The molecule has 1 saturated carbocycles. The van der Waals surface area contributed by atoms with Crippen molar-refractivity contribution in [3.8, 4) is 0 Å². The molecule has 2 aromatic rings. The Bertz CT molecular complexity index is 1410. The highest BCUT2D eigenvalue weighted by Gasteiger charge is 2.45. The Balaban J connectivity index is 1.12. The Kier molecular flexibility index (Phi) is 6.31. The van der Waals surface area contributed by atoms with Gasteiger partial charge in [0, 0.05) is 60.2 Å². The van der Waals surface area contributed by atoms with Crippen molar-refractivity contribution in [2.75, 3.05) is 18.4 Å². The van der Waals surface area contributed by atoms with Crippen LogP contribution in [0.25, 0.3) is 5.70 Å². The van der Waals surface area contributed by atoms with Gasteiger partial charge in [-0.3, -0.25) is 34.1 Å². The van der Waals surface area contributed by atoms with Crippen LogP contribution in [0.15, 0.2) is 37.2 Å². The van der Waals surface area contributed by atoms with Crippen LogP contribution in [0.2, 0.25) is 0 Å². The van der Waals surface area contributed by atoms with Gasteiger partial charge in [-0.15, -0.1) is 0 Å². The van der Waals surface area contributed by atoms with E-state index in [1.807, 2.05) is 40.2 Å². The number of likely N-dealkylation sites (tertiary alicyclic amines) is 1. The number of fused-ring (bicyclic) bond motifs is 1. The minimum Gasteiger partial charge on any atom is -0.380 e. The minimum atomic E-state index is -0.754. The van der Waals surface area contributed by atoms with Gasteiger partial charge in [-0.1, -0.05) is 32.1 Å². The number of carbonyl (C=O) groups excluding carboxylic acids is 4. The van der Waals surface area contributed by atoms with Gasteiger partial charge in [0.1, 0.15) is 6.04 Å². The van der Waals surface area contributed by atoms with Crippen LogP contribution in [0, 0.1) is 5.41 Å². The van der Waals surface area contributed by atoms with Crippen LogP contribution in [-0.4, -0.2) is 62.3 Å². The number of aromatic nitrogens is 2. The molecule has 1 aliphatic carbocycles. The van der Waals surface area contributed by atoms with Crippen molar-refractivity contribution in [3.05, 3.63) is 53.9 Å². The number of carbonyl (C=O) groups is 4. The molecule has 3 aliphatic heterocycles. The first-order valence-electron chi connectivity index (χ1n) is 14.2. The number of imide groups is 1. The van der Waals surface area contributed by atoms with E-state index in [0.717, 1.165) is 50.8 Å². The van der Waals surface area contributed by atoms with E-state index in [-0.39, 0.29) is 35.6 Å². The molecular formula is C30H36N6O4. The first-order valence-corrected chi connectivity index (χ1v) is 14.2. The number of hydrogen-bond acceptors (Lipinski definition) is 6. The first-order chi connectivity index (χ1) is 19.1. The molecular weight excluding hydrogens is 508 g/mol. The van der Waals surface area contributed by atoms with E-state index < -0.39 is 11.9 Å². The molecule has 1 aromatic carbocycles. The Morgan fingerprint density at radius 3 is 2.58 bits per heavy atom. The van der Waals surface area contributed by atoms with Crippen molar-refractivity contribution < 1.29 is 19.2 Å². The maximum atomic E-state index is 13.5. The predicted octanol–water partition coefficient (Wildman–Crippen LogP) is 3.25. The number of benzene rings is 1. The molecule has 6 rings (SSSR count). The number of hydrogen-bond donors (Lipinski definition) is 2. The molecule has 0 bridgehead atoms. The van der Waals surface area contributed by atoms with Crippen molar-refractivity contribution in [2.45, 2.75) is 76.9 Å². The maximum Gasteiger partial charge on any atom is 0.261 e. The molecule has 0 spiro atoms. The van der Waals surface area contributed by atoms with Gasteiger partial charge in [0.15, 0.2) is 0 Å². The number of rotatable bonds is 6. The molecule has 10 heteroatoms. The van der Waals surface area contributed by atoms with Gasteiger partial charge >= 0.3 is 0 Å². The molecule has 10 nitrogen and oxygen atoms in total. The lowest BCUT2D eigenvalue weighted by atomic mass is 9.69. The van der Waals surface area contributed by atoms with E-state index in [2.05, 4.69) is 36.2 Å². The summed E-state index contributed by atoms with van der Waals surface area (Å²) in [6.07, 6.45) is 9.17. The summed E-state index contributed by atoms with van der Waals surface area (Å²) in [5.41, 5.74) is 2.94. The first kappa shape index (κ1) is 26.3. The average molecular weight is 545 g/mol. The van der Waals surface area contributed by atoms with Crippen molar-refractivity contribution >= 4 is 35.0 Å². The zero-order valence-corrected chi connectivity index (χ0v) is 23.2. The van der Waals surface area contributed by atoms with Gasteiger partial charge < -0.3 is 10.2 Å². The van der Waals surface area contributed by atoms with Crippen molar-refractivity contribution in [2.24, 2.45) is 5.41 Å². The summed E-state index contributed by atoms with van der Waals surface area (Å²) in [7, 11) is 0. The average Bonchev–Trinajstić information content (AvgIpc) is 3.50. The zero-order chi connectivity index (χ0) is 28.2. The molecule has 3 fully saturated rings. The second kappa shape index (κ2) is 9.60. The second-order valence-corrected chi connectivity index (χ2v) is 12.2. The normalized spacial score (nSPS) is 23.5. The fraction of sp³-hybridized carbons (Fsp3) is 0.500. The van der Waals surface area contributed by atoms with Gasteiger partial charge in [-0.05, 0) is 45.1 Å². The van der Waals surface area contributed by atoms with Gasteiger partial charge in [0.05, 0.1) is 17.3 Å². The second-order valence-electron chi connectivity index (χ2n) is 12.2. The van der Waals surface area contributed by atoms with Crippen molar-refractivity contribution in [1.29, 1.82) is 0 Å². The van der Waals surface area contributed by atoms with E-state index in [9.17, 15) is 19.2 Å². The van der Waals surface area contributed by atoms with E-state index in [1.165, 1.54) is 4.90 Å². The topological polar surface area (TPSA) is 117 Å². The summed E-state index contributed by atoms with van der Waals surface area (Å²) in [5, 5.41) is 10.4. The van der Waals surface area contributed by atoms with Crippen LogP contribution >= 0.6 is 0 Å². The number of nitrogens with zero attached hydrogens (tertiary/aromatic N) is 4. The van der Waals surface area contributed by atoms with Crippen LogP contribution < -0.4 is 10.6 Å². The molecule has 210 valence electrons. The third kappa shape index (κ3) is 4.30. The highest BCUT2D eigenvalue weighted by atomic mass is 16.2. The predicted molar refractivity (Wildman–Crippen MR) is 149 cm³/mol. The molecule has 1 unspecified atom stereocenters. The molecule has 0 radical (unpaired) electrons. The SMILES string of the molecule is C=C1c2cccc(NCc3cnn(C4(C)CCN(C(=O)C5(C)CCC5)CC4)c3)c2C(=O)N1C1CCC(=O)NC1=O. The van der Waals surface area contributed by atoms with Gasteiger partial charge in [0.25, 0.3) is 5.91 Å². The summed E-state index contributed by atoms with van der Waals surface area (Å²) >= 11 is 0. The van der Waals surface area contributed by atoms with Crippen molar-refractivity contribution in [3.63, 3.8) is 0 Å². The molecule has 4 aliphatic rings. The lowest BCUT2D eigenvalue weighted by molar-refractivity contribution is -0.148. The summed E-state index contributed by atoms with van der Waals surface area (Å²) in [4.78, 5) is 54.0. The lowest BCUT2D eigenvalue weighted by Crippen LogP contribution is -2.52. The monoisotopic (exact) mass is 544 g/mol. The van der Waals surface area contributed by atoms with Crippen LogP contribution in [0.3, 0.4) is 0 Å². The molecule has 1 aromatic heterocycles. The number of nitrogens with one attached hydrogen (secondary N) is 2. The molecule has 4 heterocycles. The Morgan fingerprint density at radius 2 is 1.90 bits per heavy atom. The Hall–Kier alpha value is -3.95. The fourth-order valence-corrected chi connectivity index (χ4v) is 6.47. The third-order valence-electron chi connectivity index (χ3n) is 9.39. The Labute approximate surface area is 233 Å². The van der Waals surface area contributed by atoms with Crippen LogP contribution in [-0.2, 0) is 26.5 Å². The molecule has 1 atom stereocenters. The fourth-order valence-electron chi connectivity index (χ4n) is 6.47. The van der Waals surface area contributed by atoms with Gasteiger partial charge in [0.2, 0.25) is 17.7 Å². The minimum absolute atomic E-state index is 0.164. The number of amides is 4. The molecule has 40 heavy (non-hydrogen) atoms. The van der Waals surface area contributed by atoms with Gasteiger partial charge in [-0.2, -0.15) is 5.10 Å². The number of piperidine rings is 2. The van der Waals surface area contributed by atoms with Crippen LogP contribution in [0.5, 0.6) is 0 Å². The van der Waals surface area contributed by atoms with E-state index in [4.69, 9.17) is 0 Å². The summed E-state index contributed by atoms with van der Waals surface area (Å²) in [5.74, 6) is -0.788. The van der Waals surface area contributed by atoms with E-state index in [0.29, 0.717) is 35.0 Å². The highest BCUT2D eigenvalue weighted by molar-refractivity contribution is 6.15.